The summed E-state index contributed by atoms with van der Waals surface area (Å²) in [6.45, 7) is 0.728. The molecule has 1 fully saturated rings. The third-order valence-corrected chi connectivity index (χ3v) is 4.93. The van der Waals surface area contributed by atoms with E-state index in [1.165, 1.54) is 0 Å². The Morgan fingerprint density at radius 3 is 2.59 bits per heavy atom. The van der Waals surface area contributed by atoms with Gasteiger partial charge in [-0.2, -0.15) is 0 Å². The van der Waals surface area contributed by atoms with Crippen LogP contribution in [0.3, 0.4) is 0 Å². The average Bonchev–Trinajstić information content (AvgIpc) is 3.37. The van der Waals surface area contributed by atoms with Crippen molar-refractivity contribution in [1.82, 2.24) is 4.98 Å². The molecule has 1 aromatic heterocycles. The Kier molecular flexibility index (Phi) is 5.62. The predicted molar refractivity (Wildman–Crippen MR) is 109 cm³/mol. The number of carbonyl (C=O) groups excluding carboxylic acids is 2. The maximum absolute atomic E-state index is 12.1. The van der Waals surface area contributed by atoms with E-state index in [1.54, 1.807) is 47.5 Å². The van der Waals surface area contributed by atoms with Gasteiger partial charge in [0.1, 0.15) is 5.75 Å². The topological polar surface area (TPSA) is 72.6 Å². The van der Waals surface area contributed by atoms with Crippen LogP contribution in [-0.2, 0) is 16.0 Å². The van der Waals surface area contributed by atoms with Gasteiger partial charge in [-0.05, 0) is 55.0 Å². The second-order valence-corrected chi connectivity index (χ2v) is 7.18. The molecule has 148 valence electrons. The van der Waals surface area contributed by atoms with E-state index in [2.05, 4.69) is 4.98 Å². The zero-order chi connectivity index (χ0) is 20.2. The minimum atomic E-state index is -0.374. The van der Waals surface area contributed by atoms with Crippen LogP contribution >= 0.6 is 11.6 Å². The molecule has 1 aliphatic rings. The van der Waals surface area contributed by atoms with Crippen LogP contribution in [-0.4, -0.2) is 23.4 Å². The fourth-order valence-corrected chi connectivity index (χ4v) is 3.31. The monoisotopic (exact) mass is 410 g/mol. The number of esters is 1. The third kappa shape index (κ3) is 4.66. The lowest BCUT2D eigenvalue weighted by molar-refractivity contribution is -0.134. The van der Waals surface area contributed by atoms with Crippen LogP contribution in [0, 0.1) is 0 Å². The number of hydrogen-bond acceptors (Lipinski definition) is 5. The number of nitrogens with zero attached hydrogens (tertiary/aromatic N) is 2. The summed E-state index contributed by atoms with van der Waals surface area (Å²) >= 11 is 5.89. The number of anilines is 1. The van der Waals surface area contributed by atoms with Crippen LogP contribution in [0.1, 0.15) is 25.2 Å². The molecule has 2 aromatic carbocycles. The van der Waals surface area contributed by atoms with Gasteiger partial charge in [0.05, 0.1) is 12.6 Å². The fourth-order valence-electron chi connectivity index (χ4n) is 3.18. The number of aromatic nitrogens is 1. The van der Waals surface area contributed by atoms with Crippen LogP contribution in [0.2, 0.25) is 5.02 Å². The van der Waals surface area contributed by atoms with Crippen LogP contribution in [0.15, 0.2) is 59.1 Å². The number of benzene rings is 2. The molecule has 1 saturated heterocycles. The standard InChI is InChI=1S/C22H19ClN2O4/c23-16-5-3-15(4-6-16)19-14-24-20(29-19)11-12-22(27)28-18-9-7-17(8-10-18)25-13-1-2-21(25)26/h3-10,14H,1-2,11-13H2. The smallest absolute Gasteiger partial charge is 0.311 e. The molecule has 2 heterocycles. The van der Waals surface area contributed by atoms with E-state index in [-0.39, 0.29) is 18.3 Å². The predicted octanol–water partition coefficient (Wildman–Crippen LogP) is 4.66. The first-order chi connectivity index (χ1) is 14.1. The average molecular weight is 411 g/mol. The van der Waals surface area contributed by atoms with E-state index in [4.69, 9.17) is 20.8 Å². The van der Waals surface area contributed by atoms with E-state index in [0.29, 0.717) is 35.3 Å². The number of oxazole rings is 1. The molecule has 1 amide bonds. The molecule has 0 saturated carbocycles. The van der Waals surface area contributed by atoms with Crippen molar-refractivity contribution in [1.29, 1.82) is 0 Å². The summed E-state index contributed by atoms with van der Waals surface area (Å²) in [6, 6.07) is 14.2. The van der Waals surface area contributed by atoms with Crippen LogP contribution < -0.4 is 9.64 Å². The molecule has 0 atom stereocenters. The van der Waals surface area contributed by atoms with Crippen molar-refractivity contribution < 1.29 is 18.7 Å². The Balaban J connectivity index is 1.30. The number of aryl methyl sites for hydroxylation is 1. The first-order valence-corrected chi connectivity index (χ1v) is 9.78. The van der Waals surface area contributed by atoms with Crippen LogP contribution in [0.4, 0.5) is 5.69 Å². The van der Waals surface area contributed by atoms with Gasteiger partial charge in [0, 0.05) is 35.7 Å². The Morgan fingerprint density at radius 2 is 1.90 bits per heavy atom. The Hall–Kier alpha value is -3.12. The van der Waals surface area contributed by atoms with E-state index in [1.807, 2.05) is 12.1 Å². The van der Waals surface area contributed by atoms with Gasteiger partial charge < -0.3 is 14.1 Å². The van der Waals surface area contributed by atoms with Crippen LogP contribution in [0.5, 0.6) is 5.75 Å². The van der Waals surface area contributed by atoms with Crippen molar-refractivity contribution in [3.05, 3.63) is 65.6 Å². The molecule has 1 aliphatic heterocycles. The minimum absolute atomic E-state index is 0.124. The second-order valence-electron chi connectivity index (χ2n) is 6.74. The molecule has 29 heavy (non-hydrogen) atoms. The molecular formula is C22H19ClN2O4. The lowest BCUT2D eigenvalue weighted by Gasteiger charge is -2.15. The number of hydrogen-bond donors (Lipinski definition) is 0. The zero-order valence-corrected chi connectivity index (χ0v) is 16.4. The maximum Gasteiger partial charge on any atom is 0.311 e. The highest BCUT2D eigenvalue weighted by molar-refractivity contribution is 6.30. The molecule has 7 heteroatoms. The summed E-state index contributed by atoms with van der Waals surface area (Å²) < 4.78 is 11.1. The first kappa shape index (κ1) is 19.2. The molecule has 0 radical (unpaired) electrons. The Labute approximate surface area is 173 Å². The molecule has 6 nitrogen and oxygen atoms in total. The number of carbonyl (C=O) groups is 2. The molecule has 0 aliphatic carbocycles. The molecule has 0 unspecified atom stereocenters. The summed E-state index contributed by atoms with van der Waals surface area (Å²) in [5.41, 5.74) is 1.69. The number of ether oxygens (including phenoxy) is 1. The summed E-state index contributed by atoms with van der Waals surface area (Å²) in [4.78, 5) is 29.9. The molecule has 0 bridgehead atoms. The molecule has 0 N–H and O–H groups in total. The van der Waals surface area contributed by atoms with Gasteiger partial charge in [-0.25, -0.2) is 4.98 Å². The third-order valence-electron chi connectivity index (χ3n) is 4.68. The van der Waals surface area contributed by atoms with Gasteiger partial charge in [-0.15, -0.1) is 0 Å². The van der Waals surface area contributed by atoms with Crippen molar-refractivity contribution >= 4 is 29.2 Å². The number of halogens is 1. The highest BCUT2D eigenvalue weighted by atomic mass is 35.5. The highest BCUT2D eigenvalue weighted by Gasteiger charge is 2.21. The fraction of sp³-hybridized carbons (Fsp3) is 0.227. The van der Waals surface area contributed by atoms with E-state index in [9.17, 15) is 9.59 Å². The quantitative estimate of drug-likeness (QED) is 0.436. The van der Waals surface area contributed by atoms with E-state index >= 15 is 0 Å². The molecule has 4 rings (SSSR count). The van der Waals surface area contributed by atoms with Crippen molar-refractivity contribution in [2.24, 2.45) is 0 Å². The van der Waals surface area contributed by atoms with E-state index < -0.39 is 0 Å². The van der Waals surface area contributed by atoms with Gasteiger partial charge >= 0.3 is 5.97 Å². The van der Waals surface area contributed by atoms with Gasteiger partial charge in [-0.1, -0.05) is 11.6 Å². The lowest BCUT2D eigenvalue weighted by Crippen LogP contribution is -2.23. The van der Waals surface area contributed by atoms with Crippen molar-refractivity contribution in [2.75, 3.05) is 11.4 Å². The second kappa shape index (κ2) is 8.49. The summed E-state index contributed by atoms with van der Waals surface area (Å²) in [5.74, 6) is 1.28. The summed E-state index contributed by atoms with van der Waals surface area (Å²) in [7, 11) is 0. The Morgan fingerprint density at radius 1 is 1.14 bits per heavy atom. The Bertz CT molecular complexity index is 1010. The summed E-state index contributed by atoms with van der Waals surface area (Å²) in [5, 5.41) is 0.649. The van der Waals surface area contributed by atoms with Gasteiger partial charge in [0.2, 0.25) is 5.91 Å². The first-order valence-electron chi connectivity index (χ1n) is 9.40. The normalized spacial score (nSPS) is 13.7. The zero-order valence-electron chi connectivity index (χ0n) is 15.6. The van der Waals surface area contributed by atoms with Crippen molar-refractivity contribution in [2.45, 2.75) is 25.7 Å². The summed E-state index contributed by atoms with van der Waals surface area (Å²) in [6.07, 6.45) is 3.56. The largest absolute Gasteiger partial charge is 0.441 e. The maximum atomic E-state index is 12.1. The molecule has 0 spiro atoms. The van der Waals surface area contributed by atoms with Crippen molar-refractivity contribution in [3.63, 3.8) is 0 Å². The van der Waals surface area contributed by atoms with Gasteiger partial charge in [-0.3, -0.25) is 9.59 Å². The molecule has 3 aromatic rings. The van der Waals surface area contributed by atoms with Crippen molar-refractivity contribution in [3.8, 4) is 17.1 Å². The van der Waals surface area contributed by atoms with E-state index in [0.717, 1.165) is 24.2 Å². The highest BCUT2D eigenvalue weighted by Crippen LogP contribution is 2.25. The van der Waals surface area contributed by atoms with Crippen LogP contribution in [0.25, 0.3) is 11.3 Å². The van der Waals surface area contributed by atoms with Gasteiger partial charge in [0.15, 0.2) is 11.7 Å². The number of rotatable bonds is 6. The lowest BCUT2D eigenvalue weighted by atomic mass is 10.2. The molecular weight excluding hydrogens is 392 g/mol. The minimum Gasteiger partial charge on any atom is -0.441 e. The van der Waals surface area contributed by atoms with Gasteiger partial charge in [0.25, 0.3) is 0 Å². The number of amides is 1. The SMILES string of the molecule is O=C(CCc1ncc(-c2ccc(Cl)cc2)o1)Oc1ccc(N2CCCC2=O)cc1.